The van der Waals surface area contributed by atoms with Crippen LogP contribution in [0, 0.1) is 6.92 Å². The van der Waals surface area contributed by atoms with Gasteiger partial charge in [-0.1, -0.05) is 12.5 Å². The second-order valence-corrected chi connectivity index (χ2v) is 5.44. The molecule has 2 rings (SSSR count). The highest BCUT2D eigenvalue weighted by molar-refractivity contribution is 5.95. The number of piperidine rings is 1. The smallest absolute Gasteiger partial charge is 0.238 e. The molecule has 1 saturated heterocycles. The third kappa shape index (κ3) is 3.71. The number of amides is 1. The molecule has 1 aliphatic heterocycles. The van der Waals surface area contributed by atoms with Gasteiger partial charge in [-0.2, -0.15) is 0 Å². The van der Waals surface area contributed by atoms with Crippen LogP contribution in [0.15, 0.2) is 18.2 Å². The minimum absolute atomic E-state index is 0.0825. The predicted octanol–water partition coefficient (Wildman–Crippen LogP) is 1.36. The molecule has 0 aromatic heterocycles. The first-order valence-electron chi connectivity index (χ1n) is 7.11. The third-order valence-electron chi connectivity index (χ3n) is 3.79. The maximum atomic E-state index is 12.1. The van der Waals surface area contributed by atoms with Gasteiger partial charge in [0.05, 0.1) is 24.5 Å². The summed E-state index contributed by atoms with van der Waals surface area (Å²) in [7, 11) is 0. The van der Waals surface area contributed by atoms with Crippen molar-refractivity contribution in [2.24, 2.45) is 0 Å². The second-order valence-electron chi connectivity index (χ2n) is 5.44. The first kappa shape index (κ1) is 14.8. The average Bonchev–Trinajstić information content (AvgIpc) is 2.42. The van der Waals surface area contributed by atoms with E-state index in [1.165, 1.54) is 0 Å². The molecule has 1 atom stereocenters. The molecular weight excluding hydrogens is 254 g/mol. The topological polar surface area (TPSA) is 78.6 Å². The van der Waals surface area contributed by atoms with E-state index >= 15 is 0 Å². The maximum Gasteiger partial charge on any atom is 0.238 e. The Kier molecular flexibility index (Phi) is 4.98. The van der Waals surface area contributed by atoms with Gasteiger partial charge in [-0.3, -0.25) is 9.69 Å². The molecule has 4 N–H and O–H groups in total. The number of anilines is 2. The number of carbonyl (C=O) groups is 1. The molecule has 0 radical (unpaired) electrons. The fraction of sp³-hybridized carbons (Fsp3) is 0.533. The van der Waals surface area contributed by atoms with E-state index in [0.717, 1.165) is 31.4 Å². The first-order valence-corrected chi connectivity index (χ1v) is 7.11. The Bertz CT molecular complexity index is 476. The van der Waals surface area contributed by atoms with Gasteiger partial charge in [0.1, 0.15) is 0 Å². The summed E-state index contributed by atoms with van der Waals surface area (Å²) in [4.78, 5) is 14.1. The average molecular weight is 277 g/mol. The van der Waals surface area contributed by atoms with E-state index in [1.807, 2.05) is 30.0 Å². The molecule has 1 heterocycles. The summed E-state index contributed by atoms with van der Waals surface area (Å²) in [6.07, 6.45) is 3.15. The van der Waals surface area contributed by atoms with Crippen LogP contribution in [0.5, 0.6) is 0 Å². The van der Waals surface area contributed by atoms with E-state index < -0.39 is 0 Å². The number of hydrogen-bond acceptors (Lipinski definition) is 4. The van der Waals surface area contributed by atoms with E-state index in [0.29, 0.717) is 17.9 Å². The van der Waals surface area contributed by atoms with Crippen LogP contribution in [-0.2, 0) is 4.79 Å². The molecule has 20 heavy (non-hydrogen) atoms. The molecule has 0 saturated carbocycles. The first-order chi connectivity index (χ1) is 9.60. The molecular formula is C15H23N3O2. The molecule has 1 aromatic rings. The highest BCUT2D eigenvalue weighted by Crippen LogP contribution is 2.20. The molecule has 5 heteroatoms. The molecule has 1 amide bonds. The zero-order chi connectivity index (χ0) is 14.5. The van der Waals surface area contributed by atoms with Crippen LogP contribution in [0.1, 0.15) is 24.8 Å². The van der Waals surface area contributed by atoms with Crippen molar-refractivity contribution >= 4 is 17.3 Å². The molecule has 110 valence electrons. The molecule has 0 spiro atoms. The fourth-order valence-corrected chi connectivity index (χ4v) is 2.65. The lowest BCUT2D eigenvalue weighted by Crippen LogP contribution is -2.45. The Balaban J connectivity index is 1.94. The molecule has 1 fully saturated rings. The summed E-state index contributed by atoms with van der Waals surface area (Å²) in [6.45, 7) is 3.24. The Labute approximate surface area is 119 Å². The number of aliphatic hydroxyl groups is 1. The normalized spacial score (nSPS) is 19.8. The summed E-state index contributed by atoms with van der Waals surface area (Å²) < 4.78 is 0. The Morgan fingerprint density at radius 3 is 3.00 bits per heavy atom. The number of likely N-dealkylation sites (tertiary alicyclic amines) is 1. The van der Waals surface area contributed by atoms with Gasteiger partial charge in [-0.15, -0.1) is 0 Å². The van der Waals surface area contributed by atoms with Crippen molar-refractivity contribution in [2.45, 2.75) is 32.2 Å². The van der Waals surface area contributed by atoms with Crippen molar-refractivity contribution in [1.82, 2.24) is 4.90 Å². The quantitative estimate of drug-likeness (QED) is 0.726. The lowest BCUT2D eigenvalue weighted by Gasteiger charge is -2.33. The number of hydrogen-bond donors (Lipinski definition) is 3. The summed E-state index contributed by atoms with van der Waals surface area (Å²) in [6, 6.07) is 5.68. The summed E-state index contributed by atoms with van der Waals surface area (Å²) >= 11 is 0. The van der Waals surface area contributed by atoms with Gasteiger partial charge < -0.3 is 16.2 Å². The van der Waals surface area contributed by atoms with Gasteiger partial charge in [-0.05, 0) is 44.0 Å². The molecule has 1 aromatic carbocycles. The van der Waals surface area contributed by atoms with Gasteiger partial charge in [0.2, 0.25) is 5.91 Å². The van der Waals surface area contributed by atoms with Crippen molar-refractivity contribution in [3.05, 3.63) is 23.8 Å². The van der Waals surface area contributed by atoms with E-state index in [-0.39, 0.29) is 18.6 Å². The van der Waals surface area contributed by atoms with Gasteiger partial charge >= 0.3 is 0 Å². The zero-order valence-electron chi connectivity index (χ0n) is 11.9. The van der Waals surface area contributed by atoms with Crippen molar-refractivity contribution in [1.29, 1.82) is 0 Å². The van der Waals surface area contributed by atoms with Gasteiger partial charge in [-0.25, -0.2) is 0 Å². The van der Waals surface area contributed by atoms with Crippen molar-refractivity contribution in [3.63, 3.8) is 0 Å². The highest BCUT2D eigenvalue weighted by Gasteiger charge is 2.23. The van der Waals surface area contributed by atoms with Crippen LogP contribution >= 0.6 is 0 Å². The number of carbonyl (C=O) groups excluding carboxylic acids is 1. The SMILES string of the molecule is Cc1ccc(NC(=O)CN2CCCCC2CO)c(N)c1. The van der Waals surface area contributed by atoms with Gasteiger partial charge in [0.25, 0.3) is 0 Å². The predicted molar refractivity (Wildman–Crippen MR) is 80.5 cm³/mol. The Morgan fingerprint density at radius 2 is 2.30 bits per heavy atom. The van der Waals surface area contributed by atoms with E-state index in [4.69, 9.17) is 5.73 Å². The van der Waals surface area contributed by atoms with Crippen LogP contribution in [0.3, 0.4) is 0 Å². The molecule has 5 nitrogen and oxygen atoms in total. The Morgan fingerprint density at radius 1 is 1.50 bits per heavy atom. The number of benzene rings is 1. The zero-order valence-corrected chi connectivity index (χ0v) is 11.9. The van der Waals surface area contributed by atoms with Gasteiger partial charge in [0.15, 0.2) is 0 Å². The third-order valence-corrected chi connectivity index (χ3v) is 3.79. The number of aliphatic hydroxyl groups excluding tert-OH is 1. The number of aryl methyl sites for hydroxylation is 1. The molecule has 0 aliphatic carbocycles. The maximum absolute atomic E-state index is 12.1. The number of nitrogens with zero attached hydrogens (tertiary/aromatic N) is 1. The van der Waals surface area contributed by atoms with Crippen molar-refractivity contribution in [3.8, 4) is 0 Å². The van der Waals surface area contributed by atoms with E-state index in [2.05, 4.69) is 5.32 Å². The molecule has 1 unspecified atom stereocenters. The summed E-state index contributed by atoms with van der Waals surface area (Å²) in [5.74, 6) is -0.0825. The van der Waals surface area contributed by atoms with E-state index in [1.54, 1.807) is 0 Å². The fourth-order valence-electron chi connectivity index (χ4n) is 2.65. The Hall–Kier alpha value is -1.59. The van der Waals surface area contributed by atoms with Crippen molar-refractivity contribution in [2.75, 3.05) is 30.7 Å². The van der Waals surface area contributed by atoms with Gasteiger partial charge in [0, 0.05) is 6.04 Å². The lowest BCUT2D eigenvalue weighted by atomic mass is 10.0. The van der Waals surface area contributed by atoms with Crippen LogP contribution in [0.4, 0.5) is 11.4 Å². The number of nitrogens with two attached hydrogens (primary N) is 1. The standard InChI is InChI=1S/C15H23N3O2/c1-11-5-6-14(13(16)8-11)17-15(20)9-18-7-3-2-4-12(18)10-19/h5-6,8,12,19H,2-4,7,9-10,16H2,1H3,(H,17,20). The van der Waals surface area contributed by atoms with Crippen LogP contribution in [0.25, 0.3) is 0 Å². The van der Waals surface area contributed by atoms with Crippen LogP contribution < -0.4 is 11.1 Å². The minimum Gasteiger partial charge on any atom is -0.397 e. The van der Waals surface area contributed by atoms with Crippen LogP contribution in [-0.4, -0.2) is 41.7 Å². The number of rotatable bonds is 4. The largest absolute Gasteiger partial charge is 0.397 e. The molecule has 0 bridgehead atoms. The van der Waals surface area contributed by atoms with E-state index in [9.17, 15) is 9.90 Å². The van der Waals surface area contributed by atoms with Crippen molar-refractivity contribution < 1.29 is 9.90 Å². The summed E-state index contributed by atoms with van der Waals surface area (Å²) in [5, 5.41) is 12.2. The lowest BCUT2D eigenvalue weighted by molar-refractivity contribution is -0.118. The summed E-state index contributed by atoms with van der Waals surface area (Å²) in [5.41, 5.74) is 8.18. The highest BCUT2D eigenvalue weighted by atomic mass is 16.3. The minimum atomic E-state index is -0.0825. The number of nitrogen functional groups attached to an aromatic ring is 1. The monoisotopic (exact) mass is 277 g/mol. The molecule has 1 aliphatic rings. The van der Waals surface area contributed by atoms with Crippen LogP contribution in [0.2, 0.25) is 0 Å². The second kappa shape index (κ2) is 6.72. The number of nitrogens with one attached hydrogen (secondary N) is 1.